The number of nitrogens with zero attached hydrogens (tertiary/aromatic N) is 2. The number of hydrogen-bond donors (Lipinski definition) is 0. The summed E-state index contributed by atoms with van der Waals surface area (Å²) in [5.74, 6) is -0.912. The fourth-order valence-corrected chi connectivity index (χ4v) is 5.30. The van der Waals surface area contributed by atoms with E-state index in [1.165, 1.54) is 40.7 Å². The third-order valence-corrected chi connectivity index (χ3v) is 6.77. The Labute approximate surface area is 180 Å². The van der Waals surface area contributed by atoms with Crippen molar-refractivity contribution in [3.05, 3.63) is 75.0 Å². The van der Waals surface area contributed by atoms with Gasteiger partial charge < -0.3 is 4.74 Å². The van der Waals surface area contributed by atoms with Gasteiger partial charge >= 0.3 is 5.97 Å². The molecular formula is C22H18N2O4S2. The number of hydrogen-bond acceptors (Lipinski definition) is 7. The van der Waals surface area contributed by atoms with Crippen LogP contribution in [0.3, 0.4) is 0 Å². The Morgan fingerprint density at radius 1 is 1.17 bits per heavy atom. The number of fused-ring (bicyclic) bond motifs is 1. The highest BCUT2D eigenvalue weighted by Crippen LogP contribution is 2.38. The van der Waals surface area contributed by atoms with Crippen molar-refractivity contribution in [2.24, 2.45) is 0 Å². The second kappa shape index (κ2) is 8.33. The normalized spacial score (nSPS) is 12.1. The van der Waals surface area contributed by atoms with Crippen LogP contribution in [0.2, 0.25) is 0 Å². The maximum atomic E-state index is 13.5. The number of thiophene rings is 2. The molecule has 0 radical (unpaired) electrons. The Balaban J connectivity index is 1.91. The molecule has 0 aliphatic rings. The van der Waals surface area contributed by atoms with E-state index in [0.717, 1.165) is 15.3 Å². The van der Waals surface area contributed by atoms with Gasteiger partial charge in [-0.2, -0.15) is 0 Å². The Morgan fingerprint density at radius 3 is 2.60 bits per heavy atom. The molecule has 30 heavy (non-hydrogen) atoms. The third kappa shape index (κ3) is 3.59. The fraction of sp³-hybridized carbons (Fsp3) is 0.182. The smallest absolute Gasteiger partial charge is 0.308 e. The highest BCUT2D eigenvalue weighted by atomic mass is 32.1. The molecule has 0 spiro atoms. The van der Waals surface area contributed by atoms with Gasteiger partial charge in [-0.25, -0.2) is 4.98 Å². The summed E-state index contributed by atoms with van der Waals surface area (Å²) in [4.78, 5) is 45.8. The van der Waals surface area contributed by atoms with Crippen molar-refractivity contribution in [2.75, 3.05) is 7.11 Å². The van der Waals surface area contributed by atoms with Gasteiger partial charge in [0.05, 0.1) is 25.2 Å². The standard InChI is InChI=1S/C22H18N2O4S2/c1-13-18(16-9-6-10-29-16)19-21(30-13)23-12-24(22(19)27)15(11-17(25)28-2)20(26)14-7-4-3-5-8-14/h3-10,12,15H,11H2,1-2H3. The number of Topliss-reactive ketones (excluding diaryl/α,β-unsaturated/α-hetero) is 1. The second-order valence-corrected chi connectivity index (χ2v) is 8.82. The number of methoxy groups -OCH3 is 1. The molecule has 3 heterocycles. The third-order valence-electron chi connectivity index (χ3n) is 4.87. The SMILES string of the molecule is COC(=O)CC(C(=O)c1ccccc1)n1cnc2sc(C)c(-c3cccs3)c2c1=O. The number of aryl methyl sites for hydroxylation is 1. The molecule has 0 bridgehead atoms. The quantitative estimate of drug-likeness (QED) is 0.328. The fourth-order valence-electron chi connectivity index (χ4n) is 3.41. The molecule has 152 valence electrons. The van der Waals surface area contributed by atoms with Crippen LogP contribution in [0, 0.1) is 6.92 Å². The van der Waals surface area contributed by atoms with E-state index >= 15 is 0 Å². The number of ketones is 1. The van der Waals surface area contributed by atoms with Crippen LogP contribution in [0.5, 0.6) is 0 Å². The minimum absolute atomic E-state index is 0.255. The highest BCUT2D eigenvalue weighted by Gasteiger charge is 2.28. The molecular weight excluding hydrogens is 420 g/mol. The zero-order chi connectivity index (χ0) is 21.3. The van der Waals surface area contributed by atoms with Crippen LogP contribution in [0.4, 0.5) is 0 Å². The molecule has 0 N–H and O–H groups in total. The number of rotatable bonds is 6. The first-order valence-corrected chi connectivity index (χ1v) is 10.9. The summed E-state index contributed by atoms with van der Waals surface area (Å²) in [7, 11) is 1.26. The van der Waals surface area contributed by atoms with Gasteiger partial charge in [-0.3, -0.25) is 19.0 Å². The first-order chi connectivity index (χ1) is 14.5. The van der Waals surface area contributed by atoms with Gasteiger partial charge in [-0.05, 0) is 18.4 Å². The number of carbonyl (C=O) groups is 2. The van der Waals surface area contributed by atoms with Gasteiger partial charge in [0.2, 0.25) is 0 Å². The van der Waals surface area contributed by atoms with Crippen LogP contribution in [0.15, 0.2) is 59.0 Å². The van der Waals surface area contributed by atoms with Crippen LogP contribution in [0.1, 0.15) is 27.7 Å². The average Bonchev–Trinajstić information content (AvgIpc) is 3.40. The van der Waals surface area contributed by atoms with Gasteiger partial charge in [0.15, 0.2) is 5.78 Å². The molecule has 1 unspecified atom stereocenters. The summed E-state index contributed by atoms with van der Waals surface area (Å²) < 4.78 is 6.04. The highest BCUT2D eigenvalue weighted by molar-refractivity contribution is 7.20. The lowest BCUT2D eigenvalue weighted by molar-refractivity contribution is -0.141. The van der Waals surface area contributed by atoms with Gasteiger partial charge in [0.1, 0.15) is 10.9 Å². The molecule has 4 rings (SSSR count). The molecule has 4 aromatic rings. The molecule has 0 saturated heterocycles. The van der Waals surface area contributed by atoms with Crippen molar-refractivity contribution in [2.45, 2.75) is 19.4 Å². The zero-order valence-electron chi connectivity index (χ0n) is 16.3. The molecule has 0 amide bonds. The number of benzene rings is 1. The van der Waals surface area contributed by atoms with E-state index in [1.807, 2.05) is 24.4 Å². The van der Waals surface area contributed by atoms with Crippen molar-refractivity contribution in [1.82, 2.24) is 9.55 Å². The number of ether oxygens (including phenoxy) is 1. The Hall–Kier alpha value is -3.10. The van der Waals surface area contributed by atoms with Crippen LogP contribution < -0.4 is 5.56 Å². The van der Waals surface area contributed by atoms with Crippen LogP contribution in [0.25, 0.3) is 20.7 Å². The number of carbonyl (C=O) groups excluding carboxylic acids is 2. The lowest BCUT2D eigenvalue weighted by atomic mass is 10.0. The Morgan fingerprint density at radius 2 is 1.93 bits per heavy atom. The van der Waals surface area contributed by atoms with Gasteiger partial charge in [0.25, 0.3) is 5.56 Å². The topological polar surface area (TPSA) is 78.3 Å². The predicted molar refractivity (Wildman–Crippen MR) is 118 cm³/mol. The van der Waals surface area contributed by atoms with Crippen molar-refractivity contribution in [1.29, 1.82) is 0 Å². The van der Waals surface area contributed by atoms with Gasteiger partial charge in [0, 0.05) is 20.9 Å². The average molecular weight is 439 g/mol. The van der Waals surface area contributed by atoms with E-state index in [-0.39, 0.29) is 17.8 Å². The first kappa shape index (κ1) is 20.2. The zero-order valence-corrected chi connectivity index (χ0v) is 18.0. The maximum Gasteiger partial charge on any atom is 0.308 e. The van der Waals surface area contributed by atoms with Crippen molar-refractivity contribution < 1.29 is 14.3 Å². The lowest BCUT2D eigenvalue weighted by Gasteiger charge is -2.17. The summed E-state index contributed by atoms with van der Waals surface area (Å²) in [5.41, 5.74) is 0.908. The van der Waals surface area contributed by atoms with Crippen molar-refractivity contribution in [3.63, 3.8) is 0 Å². The summed E-state index contributed by atoms with van der Waals surface area (Å²) in [6.07, 6.45) is 1.10. The molecule has 0 saturated carbocycles. The number of aromatic nitrogens is 2. The molecule has 0 aliphatic carbocycles. The maximum absolute atomic E-state index is 13.5. The van der Waals surface area contributed by atoms with Crippen LogP contribution >= 0.6 is 22.7 Å². The monoisotopic (exact) mass is 438 g/mol. The summed E-state index contributed by atoms with van der Waals surface area (Å²) in [5, 5.41) is 2.42. The Bertz CT molecular complexity index is 1270. The van der Waals surface area contributed by atoms with Gasteiger partial charge in [-0.1, -0.05) is 36.4 Å². The largest absolute Gasteiger partial charge is 0.469 e. The molecule has 3 aromatic heterocycles. The van der Waals surface area contributed by atoms with E-state index in [9.17, 15) is 14.4 Å². The van der Waals surface area contributed by atoms with E-state index in [4.69, 9.17) is 4.74 Å². The summed E-state index contributed by atoms with van der Waals surface area (Å²) in [6.45, 7) is 1.95. The van der Waals surface area contributed by atoms with E-state index < -0.39 is 12.0 Å². The first-order valence-electron chi connectivity index (χ1n) is 9.21. The van der Waals surface area contributed by atoms with Crippen molar-refractivity contribution in [3.8, 4) is 10.4 Å². The lowest BCUT2D eigenvalue weighted by Crippen LogP contribution is -2.32. The molecule has 1 aromatic carbocycles. The minimum atomic E-state index is -1.04. The van der Waals surface area contributed by atoms with E-state index in [2.05, 4.69) is 4.98 Å². The van der Waals surface area contributed by atoms with Crippen LogP contribution in [-0.2, 0) is 9.53 Å². The predicted octanol–water partition coefficient (Wildman–Crippen LogP) is 4.48. The summed E-state index contributed by atoms with van der Waals surface area (Å²) in [6, 6.07) is 11.4. The molecule has 8 heteroatoms. The molecule has 0 fully saturated rings. The second-order valence-electron chi connectivity index (χ2n) is 6.67. The summed E-state index contributed by atoms with van der Waals surface area (Å²) >= 11 is 2.98. The number of esters is 1. The molecule has 0 aliphatic heterocycles. The van der Waals surface area contributed by atoms with Gasteiger partial charge in [-0.15, -0.1) is 22.7 Å². The van der Waals surface area contributed by atoms with E-state index in [1.54, 1.807) is 30.3 Å². The minimum Gasteiger partial charge on any atom is -0.469 e. The molecule has 6 nitrogen and oxygen atoms in total. The van der Waals surface area contributed by atoms with Crippen LogP contribution in [-0.4, -0.2) is 28.4 Å². The molecule has 1 atom stereocenters. The van der Waals surface area contributed by atoms with Crippen molar-refractivity contribution >= 4 is 44.6 Å². The van der Waals surface area contributed by atoms with E-state index in [0.29, 0.717) is 15.8 Å². The Kier molecular flexibility index (Phi) is 5.61.